The van der Waals surface area contributed by atoms with Crippen molar-refractivity contribution in [1.82, 2.24) is 20.3 Å². The molecule has 0 aromatic carbocycles. The first-order chi connectivity index (χ1) is 15.4. The van der Waals surface area contributed by atoms with E-state index in [4.69, 9.17) is 0 Å². The minimum absolute atomic E-state index is 0.158. The molecule has 3 N–H and O–H groups in total. The molecule has 0 radical (unpaired) electrons. The van der Waals surface area contributed by atoms with Crippen LogP contribution in [0.5, 0.6) is 0 Å². The van der Waals surface area contributed by atoms with Crippen molar-refractivity contribution in [3.05, 3.63) is 64.4 Å². The van der Waals surface area contributed by atoms with Gasteiger partial charge < -0.3 is 15.8 Å². The van der Waals surface area contributed by atoms with Gasteiger partial charge in [-0.05, 0) is 44.4 Å². The Morgan fingerprint density at radius 2 is 1.78 bits per heavy atom. The number of anilines is 4. The number of hydrogen-bond acceptors (Lipinski definition) is 7. The van der Waals surface area contributed by atoms with Gasteiger partial charge in [0.15, 0.2) is 0 Å². The minimum atomic E-state index is -0.579. The molecule has 3 aromatic heterocycles. The Balaban J connectivity index is 1.47. The number of nitrogens with zero attached hydrogens (tertiary/aromatic N) is 4. The highest BCUT2D eigenvalue weighted by molar-refractivity contribution is 6.00. The van der Waals surface area contributed by atoms with Gasteiger partial charge in [0, 0.05) is 17.8 Å². The predicted octanol–water partition coefficient (Wildman–Crippen LogP) is 3.51. The van der Waals surface area contributed by atoms with E-state index in [0.29, 0.717) is 34.5 Å². The molecular formula is C23H25N7O2. The van der Waals surface area contributed by atoms with E-state index in [2.05, 4.69) is 30.9 Å². The number of rotatable bonds is 4. The quantitative estimate of drug-likeness (QED) is 0.427. The largest absolute Gasteiger partial charge is 0.710 e. The number of aryl methyl sites for hydroxylation is 2. The van der Waals surface area contributed by atoms with E-state index in [0.717, 1.165) is 48.1 Å². The van der Waals surface area contributed by atoms with E-state index >= 15 is 0 Å². The molecule has 1 spiro atoms. The number of hydrogen-bond donors (Lipinski definition) is 3. The van der Waals surface area contributed by atoms with Gasteiger partial charge in [0.1, 0.15) is 29.2 Å². The first kappa shape index (κ1) is 20.2. The molecule has 5 rings (SSSR count). The molecular weight excluding hydrogens is 406 g/mol. The summed E-state index contributed by atoms with van der Waals surface area (Å²) in [5.41, 5.74) is 2.11. The third kappa shape index (κ3) is 3.49. The maximum absolute atomic E-state index is 13.4. The van der Waals surface area contributed by atoms with Gasteiger partial charge in [-0.25, -0.2) is 20.0 Å². The zero-order valence-electron chi connectivity index (χ0n) is 18.1. The van der Waals surface area contributed by atoms with Crippen LogP contribution in [0.2, 0.25) is 0 Å². The van der Waals surface area contributed by atoms with Crippen LogP contribution in [0.3, 0.4) is 0 Å². The highest BCUT2D eigenvalue weighted by atomic mass is 16.5. The number of amides is 1. The summed E-state index contributed by atoms with van der Waals surface area (Å²) in [6.45, 7) is 3.78. The summed E-state index contributed by atoms with van der Waals surface area (Å²) in [5.74, 6) is 1.87. The van der Waals surface area contributed by atoms with Crippen LogP contribution in [-0.2, 0) is 5.54 Å². The van der Waals surface area contributed by atoms with E-state index in [1.807, 2.05) is 32.0 Å². The normalized spacial score (nSPS) is 16.5. The Kier molecular flexibility index (Phi) is 4.88. The van der Waals surface area contributed by atoms with Gasteiger partial charge in [0.2, 0.25) is 5.82 Å². The van der Waals surface area contributed by atoms with Crippen LogP contribution in [0.1, 0.15) is 59.4 Å². The van der Waals surface area contributed by atoms with Gasteiger partial charge in [0.25, 0.3) is 11.7 Å². The molecule has 32 heavy (non-hydrogen) atoms. The van der Waals surface area contributed by atoms with Crippen LogP contribution in [-0.4, -0.2) is 20.9 Å². The Labute approximate surface area is 185 Å². The van der Waals surface area contributed by atoms with E-state index in [1.165, 1.54) is 6.33 Å². The molecule has 0 atom stereocenters. The standard InChI is InChI=1S/C23H25N7O2/c1-14-11-19(30(32)21-20(14)22(31)29-23(21)9-4-3-5-10-23)28-18-12-17(24-13-25-18)27-16-8-6-7-15(2)26-16/h6-8,11-13H,3-5,9-10H2,1-2H3,(H,29,31)(H2,24,25,26,27,28). The second-order valence-corrected chi connectivity index (χ2v) is 8.53. The lowest BCUT2D eigenvalue weighted by molar-refractivity contribution is -0.603. The molecule has 164 valence electrons. The summed E-state index contributed by atoms with van der Waals surface area (Å²) in [6.07, 6.45) is 6.08. The fourth-order valence-electron chi connectivity index (χ4n) is 4.78. The van der Waals surface area contributed by atoms with Crippen LogP contribution in [0, 0.1) is 19.1 Å². The molecule has 9 nitrogen and oxygen atoms in total. The maximum Gasteiger partial charge on any atom is 0.284 e. The second-order valence-electron chi connectivity index (χ2n) is 8.53. The predicted molar refractivity (Wildman–Crippen MR) is 120 cm³/mol. The Morgan fingerprint density at radius 1 is 1.03 bits per heavy atom. The fourth-order valence-corrected chi connectivity index (χ4v) is 4.78. The number of nitrogens with one attached hydrogen (secondary N) is 3. The fraction of sp³-hybridized carbons (Fsp3) is 0.348. The Morgan fingerprint density at radius 3 is 2.53 bits per heavy atom. The summed E-state index contributed by atoms with van der Waals surface area (Å²) in [7, 11) is 0. The number of carbonyl (C=O) groups excluding carboxylic acids is 1. The third-order valence-corrected chi connectivity index (χ3v) is 6.21. The number of fused-ring (bicyclic) bond motifs is 2. The molecule has 4 heterocycles. The summed E-state index contributed by atoms with van der Waals surface area (Å²) < 4.78 is 0.864. The highest BCUT2D eigenvalue weighted by Crippen LogP contribution is 2.42. The number of carbonyl (C=O) groups is 1. The Bertz CT molecular complexity index is 1200. The third-order valence-electron chi connectivity index (χ3n) is 6.21. The number of pyridine rings is 2. The lowest BCUT2D eigenvalue weighted by atomic mass is 9.79. The smallest absolute Gasteiger partial charge is 0.284 e. The van der Waals surface area contributed by atoms with Gasteiger partial charge in [-0.15, -0.1) is 0 Å². The zero-order chi connectivity index (χ0) is 22.3. The van der Waals surface area contributed by atoms with E-state index in [9.17, 15) is 10.0 Å². The van der Waals surface area contributed by atoms with Crippen molar-refractivity contribution in [2.24, 2.45) is 0 Å². The minimum Gasteiger partial charge on any atom is -0.710 e. The molecule has 0 bridgehead atoms. The average Bonchev–Trinajstić information content (AvgIpc) is 3.04. The zero-order valence-corrected chi connectivity index (χ0v) is 18.1. The van der Waals surface area contributed by atoms with E-state index in [1.54, 1.807) is 12.1 Å². The highest BCUT2D eigenvalue weighted by Gasteiger charge is 2.48. The topological polar surface area (TPSA) is 119 Å². The summed E-state index contributed by atoms with van der Waals surface area (Å²) in [6, 6.07) is 9.09. The van der Waals surface area contributed by atoms with Gasteiger partial charge >= 0.3 is 0 Å². The van der Waals surface area contributed by atoms with Gasteiger partial charge in [0.05, 0.1) is 5.56 Å². The molecule has 0 unspecified atom stereocenters. The second kappa shape index (κ2) is 7.74. The summed E-state index contributed by atoms with van der Waals surface area (Å²) >= 11 is 0. The van der Waals surface area contributed by atoms with Gasteiger partial charge in [-0.2, -0.15) is 4.98 Å². The molecule has 1 amide bonds. The summed E-state index contributed by atoms with van der Waals surface area (Å²) in [5, 5.41) is 22.8. The molecule has 1 aliphatic carbocycles. The van der Waals surface area contributed by atoms with Gasteiger partial charge in [-0.3, -0.25) is 4.79 Å². The molecule has 2 aliphatic rings. The van der Waals surface area contributed by atoms with Crippen molar-refractivity contribution in [3.63, 3.8) is 0 Å². The SMILES string of the molecule is Cc1cccc(Nc2cc(Nc3cc(C)c4c([n+]3[O-])C3(CCCCC3)NC4=O)ncn2)n1. The van der Waals surface area contributed by atoms with Crippen LogP contribution < -0.4 is 20.7 Å². The average molecular weight is 432 g/mol. The van der Waals surface area contributed by atoms with Crippen LogP contribution in [0.4, 0.5) is 23.3 Å². The first-order valence-corrected chi connectivity index (χ1v) is 10.9. The van der Waals surface area contributed by atoms with Crippen molar-refractivity contribution in [1.29, 1.82) is 0 Å². The van der Waals surface area contributed by atoms with Crippen LogP contribution >= 0.6 is 0 Å². The van der Waals surface area contributed by atoms with Crippen molar-refractivity contribution in [2.45, 2.75) is 51.5 Å². The van der Waals surface area contributed by atoms with Crippen LogP contribution in [0.25, 0.3) is 0 Å². The van der Waals surface area contributed by atoms with E-state index in [-0.39, 0.29) is 5.91 Å². The first-order valence-electron chi connectivity index (χ1n) is 10.9. The lowest BCUT2D eigenvalue weighted by Crippen LogP contribution is -2.49. The van der Waals surface area contributed by atoms with Crippen molar-refractivity contribution < 1.29 is 9.52 Å². The lowest BCUT2D eigenvalue weighted by Gasteiger charge is -2.34. The maximum atomic E-state index is 13.4. The van der Waals surface area contributed by atoms with Gasteiger partial charge in [-0.1, -0.05) is 25.3 Å². The van der Waals surface area contributed by atoms with Crippen molar-refractivity contribution >= 4 is 29.2 Å². The summed E-state index contributed by atoms with van der Waals surface area (Å²) in [4.78, 5) is 25.6. The van der Waals surface area contributed by atoms with Crippen LogP contribution in [0.15, 0.2) is 36.7 Å². The molecule has 0 saturated heterocycles. The molecule has 9 heteroatoms. The molecule has 1 fully saturated rings. The van der Waals surface area contributed by atoms with Crippen molar-refractivity contribution in [2.75, 3.05) is 10.6 Å². The molecule has 1 saturated carbocycles. The molecule has 3 aromatic rings. The van der Waals surface area contributed by atoms with E-state index < -0.39 is 5.54 Å². The monoisotopic (exact) mass is 431 g/mol. The molecule has 1 aliphatic heterocycles. The number of aromatic nitrogens is 4. The van der Waals surface area contributed by atoms with Crippen molar-refractivity contribution in [3.8, 4) is 0 Å². The Hall–Kier alpha value is -3.75.